The van der Waals surface area contributed by atoms with Crippen molar-refractivity contribution in [1.29, 1.82) is 0 Å². The van der Waals surface area contributed by atoms with Crippen molar-refractivity contribution in [3.63, 3.8) is 0 Å². The van der Waals surface area contributed by atoms with E-state index in [1.165, 1.54) is 16.8 Å². The maximum Gasteiger partial charge on any atom is 0.264 e. The summed E-state index contributed by atoms with van der Waals surface area (Å²) in [5, 5.41) is 0.404. The summed E-state index contributed by atoms with van der Waals surface area (Å²) in [7, 11) is -3.97. The Morgan fingerprint density at radius 3 is 2.23 bits per heavy atom. The van der Waals surface area contributed by atoms with Crippen LogP contribution in [0.25, 0.3) is 0 Å². The van der Waals surface area contributed by atoms with Gasteiger partial charge < -0.3 is 9.80 Å². The monoisotopic (exact) mass is 511 g/mol. The third kappa shape index (κ3) is 5.46. The number of amides is 1. The third-order valence-corrected chi connectivity index (χ3v) is 8.56. The van der Waals surface area contributed by atoms with Crippen molar-refractivity contribution in [3.05, 3.63) is 88.4 Å². The molecule has 1 amide bonds. The number of piperazine rings is 1. The molecule has 0 aliphatic carbocycles. The fraction of sp³-hybridized carbons (Fsp3) is 0.296. The van der Waals surface area contributed by atoms with E-state index in [-0.39, 0.29) is 17.3 Å². The second-order valence-electron chi connectivity index (χ2n) is 8.89. The minimum absolute atomic E-state index is 0.135. The average molecular weight is 512 g/mol. The lowest BCUT2D eigenvalue weighted by Gasteiger charge is -2.38. The van der Waals surface area contributed by atoms with E-state index in [0.717, 1.165) is 9.87 Å². The van der Waals surface area contributed by atoms with Crippen LogP contribution in [0.15, 0.2) is 71.6 Å². The molecule has 1 fully saturated rings. The van der Waals surface area contributed by atoms with E-state index >= 15 is 0 Å². The Morgan fingerprint density at radius 1 is 0.914 bits per heavy atom. The number of carbonyl (C=O) groups is 1. The molecule has 8 heteroatoms. The molecular formula is C27H30ClN3O3S. The van der Waals surface area contributed by atoms with Gasteiger partial charge in [-0.15, -0.1) is 0 Å². The fourth-order valence-corrected chi connectivity index (χ4v) is 5.87. The van der Waals surface area contributed by atoms with Crippen molar-refractivity contribution >= 4 is 38.9 Å². The number of benzene rings is 3. The smallest absolute Gasteiger partial charge is 0.264 e. The lowest BCUT2D eigenvalue weighted by molar-refractivity contribution is -0.129. The molecule has 35 heavy (non-hydrogen) atoms. The maximum atomic E-state index is 13.6. The number of anilines is 2. The number of sulfonamides is 1. The van der Waals surface area contributed by atoms with Gasteiger partial charge in [0.25, 0.3) is 10.0 Å². The van der Waals surface area contributed by atoms with E-state index in [1.54, 1.807) is 53.4 Å². The Balaban J connectivity index is 1.54. The molecular weight excluding hydrogens is 482 g/mol. The zero-order valence-corrected chi connectivity index (χ0v) is 21.8. The number of hydrogen-bond acceptors (Lipinski definition) is 4. The summed E-state index contributed by atoms with van der Waals surface area (Å²) in [6.07, 6.45) is 0. The predicted octanol–water partition coefficient (Wildman–Crippen LogP) is 4.81. The van der Waals surface area contributed by atoms with Crippen molar-refractivity contribution in [2.24, 2.45) is 0 Å². The van der Waals surface area contributed by atoms with Crippen LogP contribution in [0.4, 0.5) is 11.4 Å². The standard InChI is InChI=1S/C27H30ClN3O3S/c1-20-10-12-25(13-11-20)35(33,34)31(24-8-5-7-23(28)18-24)19-27(32)30-16-14-29(15-17-30)26-9-4-6-21(2)22(26)3/h4-13,18H,14-17,19H2,1-3H3. The second-order valence-corrected chi connectivity index (χ2v) is 11.2. The van der Waals surface area contributed by atoms with Crippen LogP contribution in [0.3, 0.4) is 0 Å². The van der Waals surface area contributed by atoms with Crippen molar-refractivity contribution < 1.29 is 13.2 Å². The van der Waals surface area contributed by atoms with Crippen LogP contribution in [-0.4, -0.2) is 51.9 Å². The topological polar surface area (TPSA) is 60.9 Å². The predicted molar refractivity (Wildman–Crippen MR) is 142 cm³/mol. The number of carbonyl (C=O) groups excluding carboxylic acids is 1. The largest absolute Gasteiger partial charge is 0.368 e. The average Bonchev–Trinajstić information content (AvgIpc) is 2.84. The summed E-state index contributed by atoms with van der Waals surface area (Å²) < 4.78 is 28.3. The van der Waals surface area contributed by atoms with E-state index in [0.29, 0.717) is 36.9 Å². The first-order valence-corrected chi connectivity index (χ1v) is 13.4. The third-order valence-electron chi connectivity index (χ3n) is 6.53. The number of aryl methyl sites for hydroxylation is 2. The normalized spacial score (nSPS) is 14.2. The number of hydrogen-bond donors (Lipinski definition) is 0. The van der Waals surface area contributed by atoms with Gasteiger partial charge in [0.05, 0.1) is 10.6 Å². The van der Waals surface area contributed by atoms with Crippen LogP contribution in [0.5, 0.6) is 0 Å². The van der Waals surface area contributed by atoms with Crippen molar-refractivity contribution in [3.8, 4) is 0 Å². The minimum atomic E-state index is -3.97. The lowest BCUT2D eigenvalue weighted by atomic mass is 10.1. The zero-order chi connectivity index (χ0) is 25.2. The van der Waals surface area contributed by atoms with Crippen LogP contribution < -0.4 is 9.21 Å². The summed E-state index contributed by atoms with van der Waals surface area (Å²) in [4.78, 5) is 17.5. The summed E-state index contributed by atoms with van der Waals surface area (Å²) >= 11 is 6.17. The Bertz CT molecular complexity index is 1320. The van der Waals surface area contributed by atoms with Crippen LogP contribution in [0.1, 0.15) is 16.7 Å². The lowest BCUT2D eigenvalue weighted by Crippen LogP contribution is -2.52. The maximum absolute atomic E-state index is 13.6. The van der Waals surface area contributed by atoms with Crippen molar-refractivity contribution in [2.75, 3.05) is 41.9 Å². The highest BCUT2D eigenvalue weighted by Crippen LogP contribution is 2.27. The van der Waals surface area contributed by atoms with Gasteiger partial charge in [-0.3, -0.25) is 9.10 Å². The van der Waals surface area contributed by atoms with Gasteiger partial charge in [-0.1, -0.05) is 47.5 Å². The number of rotatable bonds is 6. The van der Waals surface area contributed by atoms with Crippen LogP contribution in [0, 0.1) is 20.8 Å². The highest BCUT2D eigenvalue weighted by Gasteiger charge is 2.30. The molecule has 6 nitrogen and oxygen atoms in total. The molecule has 1 saturated heterocycles. The summed E-state index contributed by atoms with van der Waals surface area (Å²) in [6.45, 7) is 8.25. The molecule has 1 heterocycles. The highest BCUT2D eigenvalue weighted by atomic mass is 35.5. The fourth-order valence-electron chi connectivity index (χ4n) is 4.28. The van der Waals surface area contributed by atoms with Crippen molar-refractivity contribution in [1.82, 2.24) is 4.90 Å². The molecule has 0 spiro atoms. The summed E-state index contributed by atoms with van der Waals surface area (Å²) in [6, 6.07) is 19.5. The Labute approximate surface area is 212 Å². The first-order chi connectivity index (χ1) is 16.7. The van der Waals surface area contributed by atoms with Gasteiger partial charge >= 0.3 is 0 Å². The summed E-state index contributed by atoms with van der Waals surface area (Å²) in [5.41, 5.74) is 4.97. The summed E-state index contributed by atoms with van der Waals surface area (Å²) in [5.74, 6) is -0.235. The molecule has 0 bridgehead atoms. The van der Waals surface area contributed by atoms with E-state index < -0.39 is 10.0 Å². The molecule has 3 aromatic carbocycles. The van der Waals surface area contributed by atoms with Gasteiger partial charge in [0.1, 0.15) is 6.54 Å². The molecule has 0 unspecified atom stereocenters. The first-order valence-electron chi connectivity index (χ1n) is 11.6. The molecule has 0 N–H and O–H groups in total. The molecule has 0 radical (unpaired) electrons. The molecule has 0 atom stereocenters. The SMILES string of the molecule is Cc1ccc(S(=O)(=O)N(CC(=O)N2CCN(c3cccc(C)c3C)CC2)c2cccc(Cl)c2)cc1. The quantitative estimate of drug-likeness (QED) is 0.476. The molecule has 0 saturated carbocycles. The van der Waals surface area contributed by atoms with Gasteiger partial charge in [-0.05, 0) is 68.3 Å². The second kappa shape index (κ2) is 10.3. The Morgan fingerprint density at radius 2 is 1.57 bits per heavy atom. The number of halogens is 1. The Kier molecular flexibility index (Phi) is 7.38. The van der Waals surface area contributed by atoms with Crippen LogP contribution >= 0.6 is 11.6 Å². The van der Waals surface area contributed by atoms with E-state index in [9.17, 15) is 13.2 Å². The van der Waals surface area contributed by atoms with Gasteiger partial charge in [0.15, 0.2) is 0 Å². The van der Waals surface area contributed by atoms with E-state index in [4.69, 9.17) is 11.6 Å². The molecule has 1 aliphatic rings. The van der Waals surface area contributed by atoms with Crippen LogP contribution in [-0.2, 0) is 14.8 Å². The molecule has 184 valence electrons. The first kappa shape index (κ1) is 25.1. The van der Waals surface area contributed by atoms with Crippen LogP contribution in [0.2, 0.25) is 5.02 Å². The van der Waals surface area contributed by atoms with E-state index in [2.05, 4.69) is 30.9 Å². The van der Waals surface area contributed by atoms with Gasteiger partial charge in [0, 0.05) is 36.9 Å². The molecule has 1 aliphatic heterocycles. The number of nitrogens with zero attached hydrogens (tertiary/aromatic N) is 3. The zero-order valence-electron chi connectivity index (χ0n) is 20.2. The van der Waals surface area contributed by atoms with Crippen molar-refractivity contribution in [2.45, 2.75) is 25.7 Å². The highest BCUT2D eigenvalue weighted by molar-refractivity contribution is 7.92. The molecule has 4 rings (SSSR count). The minimum Gasteiger partial charge on any atom is -0.368 e. The van der Waals surface area contributed by atoms with E-state index in [1.807, 2.05) is 13.0 Å². The Hall–Kier alpha value is -3.03. The molecule has 0 aromatic heterocycles. The molecule has 3 aromatic rings. The van der Waals surface area contributed by atoms with Gasteiger partial charge in [0.2, 0.25) is 5.91 Å². The van der Waals surface area contributed by atoms with Gasteiger partial charge in [-0.25, -0.2) is 8.42 Å². The van der Waals surface area contributed by atoms with Gasteiger partial charge in [-0.2, -0.15) is 0 Å².